The summed E-state index contributed by atoms with van der Waals surface area (Å²) in [6.07, 6.45) is 0. The van der Waals surface area contributed by atoms with Crippen molar-refractivity contribution >= 4 is 11.6 Å². The average Bonchev–Trinajstić information content (AvgIpc) is 2.54. The molecule has 0 aliphatic rings. The molecule has 0 saturated heterocycles. The summed E-state index contributed by atoms with van der Waals surface area (Å²) in [4.78, 5) is 12.4. The van der Waals surface area contributed by atoms with E-state index in [2.05, 4.69) is 5.32 Å². The van der Waals surface area contributed by atoms with Gasteiger partial charge in [-0.15, -0.1) is 0 Å². The van der Waals surface area contributed by atoms with E-state index in [4.69, 9.17) is 5.73 Å². The minimum absolute atomic E-state index is 0.164. The highest BCUT2D eigenvalue weighted by Gasteiger charge is 2.22. The van der Waals surface area contributed by atoms with Crippen molar-refractivity contribution in [3.8, 4) is 5.75 Å². The molecule has 1 amide bonds. The molecule has 2 aromatic carbocycles. The van der Waals surface area contributed by atoms with Crippen LogP contribution < -0.4 is 11.1 Å². The van der Waals surface area contributed by atoms with Gasteiger partial charge in [0.05, 0.1) is 5.92 Å². The van der Waals surface area contributed by atoms with Crippen LogP contribution in [0.3, 0.4) is 0 Å². The lowest BCUT2D eigenvalue weighted by Gasteiger charge is -2.20. The minimum atomic E-state index is -0.384. The molecule has 0 saturated carbocycles. The molecule has 22 heavy (non-hydrogen) atoms. The van der Waals surface area contributed by atoms with E-state index in [0.717, 1.165) is 11.1 Å². The number of carbonyl (C=O) groups is 1. The Bertz CT molecular complexity index is 668. The van der Waals surface area contributed by atoms with E-state index in [9.17, 15) is 9.90 Å². The maximum atomic E-state index is 12.4. The summed E-state index contributed by atoms with van der Waals surface area (Å²) in [5.74, 6) is -0.342. The molecule has 2 aromatic rings. The predicted molar refractivity (Wildman–Crippen MR) is 88.7 cm³/mol. The Hall–Kier alpha value is -2.33. The summed E-state index contributed by atoms with van der Waals surface area (Å²) >= 11 is 0. The molecule has 2 atom stereocenters. The van der Waals surface area contributed by atoms with Crippen LogP contribution >= 0.6 is 0 Å². The third-order valence-electron chi connectivity index (χ3n) is 4.03. The Balaban J connectivity index is 2.14. The lowest BCUT2D eigenvalue weighted by Crippen LogP contribution is -2.30. The number of phenols is 1. The number of phenolic OH excluding ortho intramolecular Hbond substituents is 1. The van der Waals surface area contributed by atoms with Crippen molar-refractivity contribution in [1.29, 1.82) is 0 Å². The van der Waals surface area contributed by atoms with Crippen LogP contribution in [0.25, 0.3) is 0 Å². The normalized spacial score (nSPS) is 13.5. The highest BCUT2D eigenvalue weighted by Crippen LogP contribution is 2.29. The first-order valence-electron chi connectivity index (χ1n) is 7.32. The van der Waals surface area contributed by atoms with Gasteiger partial charge in [-0.25, -0.2) is 0 Å². The Morgan fingerprint density at radius 2 is 1.77 bits per heavy atom. The third-order valence-corrected chi connectivity index (χ3v) is 4.03. The minimum Gasteiger partial charge on any atom is -0.507 e. The van der Waals surface area contributed by atoms with E-state index >= 15 is 0 Å². The van der Waals surface area contributed by atoms with E-state index in [1.54, 1.807) is 26.0 Å². The van der Waals surface area contributed by atoms with E-state index in [1.165, 1.54) is 0 Å². The number of carbonyl (C=O) groups excluding carboxylic acids is 1. The number of benzene rings is 2. The lowest BCUT2D eigenvalue weighted by molar-refractivity contribution is -0.120. The number of hydrogen-bond acceptors (Lipinski definition) is 3. The Labute approximate surface area is 131 Å². The highest BCUT2D eigenvalue weighted by atomic mass is 16.3. The van der Waals surface area contributed by atoms with Gasteiger partial charge in [0.15, 0.2) is 0 Å². The molecule has 0 spiro atoms. The van der Waals surface area contributed by atoms with Crippen LogP contribution in [0.15, 0.2) is 42.5 Å². The zero-order valence-corrected chi connectivity index (χ0v) is 13.1. The second-order valence-electron chi connectivity index (χ2n) is 5.62. The molecule has 4 N–H and O–H groups in total. The van der Waals surface area contributed by atoms with Gasteiger partial charge in [0, 0.05) is 17.3 Å². The predicted octanol–water partition coefficient (Wildman–Crippen LogP) is 3.28. The van der Waals surface area contributed by atoms with Gasteiger partial charge in [0.1, 0.15) is 5.75 Å². The number of anilines is 1. The van der Waals surface area contributed by atoms with Crippen LogP contribution in [0.5, 0.6) is 5.75 Å². The van der Waals surface area contributed by atoms with Gasteiger partial charge < -0.3 is 16.2 Å². The number of nitrogens with one attached hydrogen (secondary N) is 1. The number of hydrogen-bond donors (Lipinski definition) is 3. The molecular weight excluding hydrogens is 276 g/mol. The van der Waals surface area contributed by atoms with Crippen LogP contribution in [0.2, 0.25) is 0 Å². The number of aryl methyl sites for hydroxylation is 1. The quantitative estimate of drug-likeness (QED) is 0.810. The number of amides is 1. The van der Waals surface area contributed by atoms with Gasteiger partial charge in [-0.2, -0.15) is 0 Å². The number of rotatable bonds is 4. The summed E-state index contributed by atoms with van der Waals surface area (Å²) in [6, 6.07) is 12.8. The smallest absolute Gasteiger partial charge is 0.229 e. The van der Waals surface area contributed by atoms with E-state index in [0.29, 0.717) is 11.3 Å². The molecule has 4 heteroatoms. The standard InChI is InChI=1S/C18H22N2O2/c1-11-9-10-15(12(2)17(11)21)20-18(22)13(3)16(19)14-7-5-4-6-8-14/h4-10,13,16,21H,19H2,1-3H3,(H,20,22). The molecule has 116 valence electrons. The molecule has 0 aromatic heterocycles. The maximum Gasteiger partial charge on any atom is 0.229 e. The fourth-order valence-electron chi connectivity index (χ4n) is 2.34. The van der Waals surface area contributed by atoms with Crippen molar-refractivity contribution in [3.05, 3.63) is 59.2 Å². The largest absolute Gasteiger partial charge is 0.507 e. The van der Waals surface area contributed by atoms with Gasteiger partial charge in [-0.3, -0.25) is 4.79 Å². The summed E-state index contributed by atoms with van der Waals surface area (Å²) in [6.45, 7) is 5.40. The van der Waals surface area contributed by atoms with E-state index < -0.39 is 0 Å². The number of aromatic hydroxyl groups is 1. The van der Waals surface area contributed by atoms with Crippen molar-refractivity contribution in [2.45, 2.75) is 26.8 Å². The molecule has 0 heterocycles. The first kappa shape index (κ1) is 16.0. The van der Waals surface area contributed by atoms with Crippen LogP contribution in [0.4, 0.5) is 5.69 Å². The summed E-state index contributed by atoms with van der Waals surface area (Å²) in [5.41, 5.74) is 9.15. The van der Waals surface area contributed by atoms with Crippen molar-refractivity contribution < 1.29 is 9.90 Å². The lowest BCUT2D eigenvalue weighted by atomic mass is 9.94. The average molecular weight is 298 g/mol. The van der Waals surface area contributed by atoms with Gasteiger partial charge in [-0.1, -0.05) is 43.3 Å². The third kappa shape index (κ3) is 3.28. The van der Waals surface area contributed by atoms with Gasteiger partial charge in [0.25, 0.3) is 0 Å². The van der Waals surface area contributed by atoms with Gasteiger partial charge in [0.2, 0.25) is 5.91 Å². The van der Waals surface area contributed by atoms with Crippen molar-refractivity contribution in [1.82, 2.24) is 0 Å². The van der Waals surface area contributed by atoms with Gasteiger partial charge >= 0.3 is 0 Å². The Morgan fingerprint density at radius 3 is 2.41 bits per heavy atom. The number of nitrogens with two attached hydrogens (primary N) is 1. The molecule has 0 radical (unpaired) electrons. The fraction of sp³-hybridized carbons (Fsp3) is 0.278. The Morgan fingerprint density at radius 1 is 1.14 bits per heavy atom. The van der Waals surface area contributed by atoms with Crippen molar-refractivity contribution in [2.75, 3.05) is 5.32 Å². The zero-order valence-electron chi connectivity index (χ0n) is 13.1. The molecule has 2 rings (SSSR count). The Kier molecular flexibility index (Phi) is 4.83. The van der Waals surface area contributed by atoms with E-state index in [-0.39, 0.29) is 23.6 Å². The fourth-order valence-corrected chi connectivity index (χ4v) is 2.34. The summed E-state index contributed by atoms with van der Waals surface area (Å²) in [5, 5.41) is 12.8. The molecule has 0 fully saturated rings. The van der Waals surface area contributed by atoms with Crippen molar-refractivity contribution in [3.63, 3.8) is 0 Å². The topological polar surface area (TPSA) is 75.4 Å². The van der Waals surface area contributed by atoms with Gasteiger partial charge in [-0.05, 0) is 31.0 Å². The molecule has 0 aliphatic heterocycles. The highest BCUT2D eigenvalue weighted by molar-refractivity contribution is 5.94. The van der Waals surface area contributed by atoms with Crippen LogP contribution in [0.1, 0.15) is 29.7 Å². The summed E-state index contributed by atoms with van der Waals surface area (Å²) in [7, 11) is 0. The SMILES string of the molecule is Cc1ccc(NC(=O)C(C)C(N)c2ccccc2)c(C)c1O. The molecule has 2 unspecified atom stereocenters. The molecule has 0 bridgehead atoms. The maximum absolute atomic E-state index is 12.4. The molecule has 0 aliphatic carbocycles. The second-order valence-corrected chi connectivity index (χ2v) is 5.62. The molecular formula is C18H22N2O2. The van der Waals surface area contributed by atoms with Crippen LogP contribution in [-0.4, -0.2) is 11.0 Å². The first-order chi connectivity index (χ1) is 10.4. The molecule has 4 nitrogen and oxygen atoms in total. The first-order valence-corrected chi connectivity index (χ1v) is 7.32. The van der Waals surface area contributed by atoms with Crippen LogP contribution in [-0.2, 0) is 4.79 Å². The second kappa shape index (κ2) is 6.62. The van der Waals surface area contributed by atoms with Crippen LogP contribution in [0, 0.1) is 19.8 Å². The van der Waals surface area contributed by atoms with E-state index in [1.807, 2.05) is 37.3 Å². The zero-order chi connectivity index (χ0) is 16.3. The summed E-state index contributed by atoms with van der Waals surface area (Å²) < 4.78 is 0. The monoisotopic (exact) mass is 298 g/mol. The van der Waals surface area contributed by atoms with Crippen molar-refractivity contribution in [2.24, 2.45) is 11.7 Å².